The number of carbonyl (C=O) groups is 2. The van der Waals surface area contributed by atoms with Gasteiger partial charge in [-0.1, -0.05) is 6.07 Å². The molecule has 0 atom stereocenters. The van der Waals surface area contributed by atoms with Gasteiger partial charge in [0, 0.05) is 36.2 Å². The number of hydrogen-bond acceptors (Lipinski definition) is 10. The van der Waals surface area contributed by atoms with Crippen LogP contribution in [0.5, 0.6) is 11.5 Å². The van der Waals surface area contributed by atoms with Crippen LogP contribution in [0.15, 0.2) is 58.4 Å². The fourth-order valence-corrected chi connectivity index (χ4v) is 3.70. The van der Waals surface area contributed by atoms with Crippen molar-refractivity contribution in [2.45, 2.75) is 20.1 Å². The maximum absolute atomic E-state index is 12.7. The van der Waals surface area contributed by atoms with Gasteiger partial charge < -0.3 is 24.1 Å². The monoisotopic (exact) mass is 562 g/mol. The molecule has 41 heavy (non-hydrogen) atoms. The van der Waals surface area contributed by atoms with Crippen molar-refractivity contribution in [3.8, 4) is 17.6 Å². The van der Waals surface area contributed by atoms with Gasteiger partial charge in [0.1, 0.15) is 18.2 Å². The lowest BCUT2D eigenvalue weighted by Gasteiger charge is -2.12. The SMILES string of the molecule is COCc1cc(C)n(CC(=O)N/N=C\c2ccc(OCC(=O)Nc3cccc([N+](=O)[O-])c3)c(OC)c2)c(=O)c1C#N. The third-order valence-electron chi connectivity index (χ3n) is 5.59. The van der Waals surface area contributed by atoms with Crippen molar-refractivity contribution in [3.63, 3.8) is 0 Å². The minimum Gasteiger partial charge on any atom is -0.493 e. The van der Waals surface area contributed by atoms with Gasteiger partial charge in [0.2, 0.25) is 0 Å². The Hall–Kier alpha value is -5.55. The predicted molar refractivity (Wildman–Crippen MR) is 147 cm³/mol. The lowest BCUT2D eigenvalue weighted by atomic mass is 10.1. The number of carbonyl (C=O) groups excluding carboxylic acids is 2. The maximum Gasteiger partial charge on any atom is 0.271 e. The van der Waals surface area contributed by atoms with Crippen molar-refractivity contribution in [3.05, 3.63) is 91.4 Å². The number of nitrogens with one attached hydrogen (secondary N) is 2. The molecule has 3 rings (SSSR count). The molecule has 1 heterocycles. The molecule has 2 aromatic carbocycles. The van der Waals surface area contributed by atoms with Crippen LogP contribution in [0.3, 0.4) is 0 Å². The average molecular weight is 563 g/mol. The minimum absolute atomic E-state index is 0.0929. The zero-order valence-corrected chi connectivity index (χ0v) is 22.4. The van der Waals surface area contributed by atoms with E-state index in [0.717, 1.165) is 0 Å². The first-order valence-electron chi connectivity index (χ1n) is 12.0. The summed E-state index contributed by atoms with van der Waals surface area (Å²) >= 11 is 0. The molecule has 0 aliphatic carbocycles. The number of methoxy groups -OCH3 is 2. The van der Waals surface area contributed by atoms with Crippen LogP contribution in [-0.4, -0.2) is 48.3 Å². The molecule has 0 spiro atoms. The highest BCUT2D eigenvalue weighted by atomic mass is 16.6. The van der Waals surface area contributed by atoms with E-state index in [1.54, 1.807) is 25.1 Å². The van der Waals surface area contributed by atoms with E-state index >= 15 is 0 Å². The standard InChI is InChI=1S/C27H26N6O8/c1-17-9-19(15-39-2)22(12-28)27(36)32(17)14-25(34)31-29-13-18-7-8-23(24(10-18)40-3)41-16-26(35)30-20-5-4-6-21(11-20)33(37)38/h4-11,13H,14-16H2,1-3H3,(H,30,35)(H,31,34)/b29-13-. The maximum atomic E-state index is 12.7. The number of hydrogen-bond donors (Lipinski definition) is 2. The van der Waals surface area contributed by atoms with Gasteiger partial charge in [0.05, 0.1) is 24.9 Å². The van der Waals surface area contributed by atoms with Crippen LogP contribution in [0.25, 0.3) is 0 Å². The molecule has 212 valence electrons. The highest BCUT2D eigenvalue weighted by molar-refractivity contribution is 5.92. The summed E-state index contributed by atoms with van der Waals surface area (Å²) in [5.41, 5.74) is 3.19. The average Bonchev–Trinajstić information content (AvgIpc) is 2.94. The van der Waals surface area contributed by atoms with E-state index in [0.29, 0.717) is 16.8 Å². The van der Waals surface area contributed by atoms with Crippen molar-refractivity contribution in [1.82, 2.24) is 9.99 Å². The summed E-state index contributed by atoms with van der Waals surface area (Å²) < 4.78 is 17.0. The number of aromatic nitrogens is 1. The number of amides is 2. The number of anilines is 1. The summed E-state index contributed by atoms with van der Waals surface area (Å²) in [6, 6.07) is 13.7. The van der Waals surface area contributed by atoms with Crippen LogP contribution in [0.4, 0.5) is 11.4 Å². The Morgan fingerprint density at radius 1 is 1.15 bits per heavy atom. The molecular formula is C27H26N6O8. The van der Waals surface area contributed by atoms with Gasteiger partial charge in [0.15, 0.2) is 18.1 Å². The third-order valence-corrected chi connectivity index (χ3v) is 5.59. The number of pyridine rings is 1. The minimum atomic E-state index is -0.599. The normalized spacial score (nSPS) is 10.6. The van der Waals surface area contributed by atoms with Crippen molar-refractivity contribution in [1.29, 1.82) is 5.26 Å². The Morgan fingerprint density at radius 3 is 2.61 bits per heavy atom. The van der Waals surface area contributed by atoms with Crippen LogP contribution in [0, 0.1) is 28.4 Å². The molecule has 0 fully saturated rings. The Morgan fingerprint density at radius 2 is 1.93 bits per heavy atom. The number of nitriles is 1. The molecule has 0 saturated heterocycles. The molecule has 0 radical (unpaired) electrons. The van der Waals surface area contributed by atoms with Crippen LogP contribution < -0.4 is 25.8 Å². The number of rotatable bonds is 12. The lowest BCUT2D eigenvalue weighted by molar-refractivity contribution is -0.384. The van der Waals surface area contributed by atoms with Crippen molar-refractivity contribution in [2.75, 3.05) is 26.1 Å². The van der Waals surface area contributed by atoms with E-state index in [2.05, 4.69) is 15.8 Å². The number of nitrogens with zero attached hydrogens (tertiary/aromatic N) is 4. The van der Waals surface area contributed by atoms with Crippen LogP contribution in [0.1, 0.15) is 22.4 Å². The Kier molecular flexibility index (Phi) is 10.3. The number of hydrazone groups is 1. The van der Waals surface area contributed by atoms with Crippen LogP contribution in [0.2, 0.25) is 0 Å². The van der Waals surface area contributed by atoms with E-state index in [-0.39, 0.29) is 48.2 Å². The Bertz CT molecular complexity index is 1590. The molecule has 0 bridgehead atoms. The molecule has 2 N–H and O–H groups in total. The Balaban J connectivity index is 1.60. The van der Waals surface area contributed by atoms with Gasteiger partial charge in [0.25, 0.3) is 23.1 Å². The van der Waals surface area contributed by atoms with Gasteiger partial charge in [-0.05, 0) is 42.8 Å². The summed E-state index contributed by atoms with van der Waals surface area (Å²) in [7, 11) is 2.86. The first-order valence-corrected chi connectivity index (χ1v) is 12.0. The molecule has 3 aromatic rings. The third kappa shape index (κ3) is 7.97. The molecule has 14 nitrogen and oxygen atoms in total. The second-order valence-electron chi connectivity index (χ2n) is 8.47. The van der Waals surface area contributed by atoms with E-state index in [1.807, 2.05) is 6.07 Å². The van der Waals surface area contributed by atoms with E-state index in [4.69, 9.17) is 14.2 Å². The fraction of sp³-hybridized carbons (Fsp3) is 0.222. The topological polar surface area (TPSA) is 187 Å². The molecular weight excluding hydrogens is 536 g/mol. The number of non-ortho nitro benzene ring substituents is 1. The summed E-state index contributed by atoms with van der Waals surface area (Å²) in [6.45, 7) is 1.00. The summed E-state index contributed by atoms with van der Waals surface area (Å²) in [5.74, 6) is -0.587. The van der Waals surface area contributed by atoms with E-state index in [9.17, 15) is 29.8 Å². The van der Waals surface area contributed by atoms with E-state index in [1.165, 1.54) is 55.3 Å². The van der Waals surface area contributed by atoms with Gasteiger partial charge in [-0.25, -0.2) is 5.43 Å². The van der Waals surface area contributed by atoms with Crippen molar-refractivity contribution >= 4 is 29.4 Å². The summed E-state index contributed by atoms with van der Waals surface area (Å²) in [4.78, 5) is 47.7. The largest absolute Gasteiger partial charge is 0.493 e. The van der Waals surface area contributed by atoms with E-state index < -0.39 is 22.3 Å². The molecule has 14 heteroatoms. The smallest absolute Gasteiger partial charge is 0.271 e. The molecule has 2 amide bonds. The highest BCUT2D eigenvalue weighted by Crippen LogP contribution is 2.27. The highest BCUT2D eigenvalue weighted by Gasteiger charge is 2.15. The van der Waals surface area contributed by atoms with Gasteiger partial charge >= 0.3 is 0 Å². The number of benzene rings is 2. The molecule has 0 saturated carbocycles. The van der Waals surface area contributed by atoms with Crippen molar-refractivity contribution < 1.29 is 28.7 Å². The van der Waals surface area contributed by atoms with Gasteiger partial charge in [-0.15, -0.1) is 0 Å². The number of nitro benzene ring substituents is 1. The van der Waals surface area contributed by atoms with Gasteiger partial charge in [-0.3, -0.25) is 24.5 Å². The second-order valence-corrected chi connectivity index (χ2v) is 8.47. The molecule has 1 aromatic heterocycles. The zero-order chi connectivity index (χ0) is 29.9. The second kappa shape index (κ2) is 14.0. The molecule has 0 aliphatic rings. The first kappa shape index (κ1) is 30.0. The number of aryl methyl sites for hydroxylation is 1. The Labute approximate surface area is 233 Å². The van der Waals surface area contributed by atoms with Crippen LogP contribution in [-0.2, 0) is 27.5 Å². The number of nitro groups is 1. The molecule has 0 unspecified atom stereocenters. The quantitative estimate of drug-likeness (QED) is 0.190. The zero-order valence-electron chi connectivity index (χ0n) is 22.4. The van der Waals surface area contributed by atoms with Gasteiger partial charge in [-0.2, -0.15) is 10.4 Å². The lowest BCUT2D eigenvalue weighted by Crippen LogP contribution is -2.33. The van der Waals surface area contributed by atoms with Crippen molar-refractivity contribution in [2.24, 2.45) is 5.10 Å². The number of ether oxygens (including phenoxy) is 3. The fourth-order valence-electron chi connectivity index (χ4n) is 3.70. The first-order chi connectivity index (χ1) is 19.7. The predicted octanol–water partition coefficient (Wildman–Crippen LogP) is 2.26. The summed E-state index contributed by atoms with van der Waals surface area (Å²) in [5, 5.41) is 26.7. The summed E-state index contributed by atoms with van der Waals surface area (Å²) in [6.07, 6.45) is 1.34. The van der Waals surface area contributed by atoms with Crippen LogP contribution >= 0.6 is 0 Å². The molecule has 0 aliphatic heterocycles.